The number of aromatic nitrogens is 2. The van der Waals surface area contributed by atoms with E-state index < -0.39 is 23.4 Å². The molecule has 3 amide bonds. The minimum atomic E-state index is -1.11. The Labute approximate surface area is 173 Å². The topological polar surface area (TPSA) is 125 Å². The lowest BCUT2D eigenvalue weighted by atomic mass is 10.1. The summed E-state index contributed by atoms with van der Waals surface area (Å²) in [7, 11) is 0. The van der Waals surface area contributed by atoms with Crippen molar-refractivity contribution >= 4 is 41.1 Å². The number of anilines is 2. The van der Waals surface area contributed by atoms with Gasteiger partial charge in [-0.3, -0.25) is 14.6 Å². The summed E-state index contributed by atoms with van der Waals surface area (Å²) in [6, 6.07) is 7.77. The molecule has 2 rings (SSSR count). The number of amides is 3. The zero-order chi connectivity index (χ0) is 21.6. The van der Waals surface area contributed by atoms with Gasteiger partial charge in [0.05, 0.1) is 0 Å². The number of halogens is 1. The van der Waals surface area contributed by atoms with Crippen LogP contribution in [-0.4, -0.2) is 50.0 Å². The lowest BCUT2D eigenvalue weighted by molar-refractivity contribution is -0.116. The molecule has 0 atom stereocenters. The molecule has 0 saturated carbocycles. The maximum atomic E-state index is 12.2. The zero-order valence-corrected chi connectivity index (χ0v) is 17.0. The Morgan fingerprint density at radius 2 is 1.79 bits per heavy atom. The third-order valence-electron chi connectivity index (χ3n) is 3.80. The molecule has 10 heteroatoms. The average molecular weight is 420 g/mol. The first-order valence-corrected chi connectivity index (χ1v) is 9.14. The number of nitrogens with zero attached hydrogens (tertiary/aromatic N) is 3. The van der Waals surface area contributed by atoms with Crippen LogP contribution in [0.5, 0.6) is 0 Å². The van der Waals surface area contributed by atoms with Crippen molar-refractivity contribution < 1.29 is 19.5 Å². The molecule has 0 aromatic carbocycles. The fourth-order valence-electron chi connectivity index (χ4n) is 2.44. The monoisotopic (exact) mass is 419 g/mol. The van der Waals surface area contributed by atoms with E-state index in [1.165, 1.54) is 23.2 Å². The minimum absolute atomic E-state index is 0.0223. The SMILES string of the molecule is CC(C)(C)N(CCC(=O)Nc1cc(Cl)cc(NC(=O)c2ccccn2)n1)C(=O)O. The van der Waals surface area contributed by atoms with Crippen molar-refractivity contribution in [3.8, 4) is 0 Å². The van der Waals surface area contributed by atoms with E-state index in [0.717, 1.165) is 0 Å². The van der Waals surface area contributed by atoms with Gasteiger partial charge in [-0.15, -0.1) is 0 Å². The van der Waals surface area contributed by atoms with E-state index in [0.29, 0.717) is 0 Å². The fraction of sp³-hybridized carbons (Fsp3) is 0.316. The van der Waals surface area contributed by atoms with Crippen molar-refractivity contribution in [3.63, 3.8) is 0 Å². The van der Waals surface area contributed by atoms with Crippen molar-refractivity contribution in [1.82, 2.24) is 14.9 Å². The van der Waals surface area contributed by atoms with E-state index in [1.807, 2.05) is 0 Å². The van der Waals surface area contributed by atoms with Crippen molar-refractivity contribution in [2.45, 2.75) is 32.7 Å². The normalized spacial score (nSPS) is 10.9. The predicted molar refractivity (Wildman–Crippen MR) is 109 cm³/mol. The molecular formula is C19H22ClN5O4. The van der Waals surface area contributed by atoms with Gasteiger partial charge >= 0.3 is 6.09 Å². The van der Waals surface area contributed by atoms with Crippen LogP contribution in [0.2, 0.25) is 5.02 Å². The Morgan fingerprint density at radius 3 is 2.34 bits per heavy atom. The molecule has 3 N–H and O–H groups in total. The maximum Gasteiger partial charge on any atom is 0.407 e. The van der Waals surface area contributed by atoms with Gasteiger partial charge in [0, 0.05) is 29.7 Å². The Hall–Kier alpha value is -3.20. The third kappa shape index (κ3) is 6.72. The molecular weight excluding hydrogens is 398 g/mol. The molecule has 0 aliphatic rings. The van der Waals surface area contributed by atoms with E-state index in [-0.39, 0.29) is 35.3 Å². The number of rotatable bonds is 6. The van der Waals surface area contributed by atoms with Gasteiger partial charge in [0.15, 0.2) is 0 Å². The van der Waals surface area contributed by atoms with Gasteiger partial charge in [-0.2, -0.15) is 0 Å². The summed E-state index contributed by atoms with van der Waals surface area (Å²) >= 11 is 6.05. The summed E-state index contributed by atoms with van der Waals surface area (Å²) in [5, 5.41) is 14.7. The number of nitrogens with one attached hydrogen (secondary N) is 2. The van der Waals surface area contributed by atoms with Crippen LogP contribution in [0, 0.1) is 0 Å². The molecule has 2 aromatic heterocycles. The summed E-state index contributed by atoms with van der Waals surface area (Å²) < 4.78 is 0. The van der Waals surface area contributed by atoms with Crippen LogP contribution in [-0.2, 0) is 4.79 Å². The fourth-order valence-corrected chi connectivity index (χ4v) is 2.65. The molecule has 0 unspecified atom stereocenters. The molecule has 29 heavy (non-hydrogen) atoms. The van der Waals surface area contributed by atoms with Gasteiger partial charge < -0.3 is 20.6 Å². The highest BCUT2D eigenvalue weighted by molar-refractivity contribution is 6.31. The van der Waals surface area contributed by atoms with Gasteiger partial charge in [-0.25, -0.2) is 9.78 Å². The first kappa shape index (κ1) is 22.1. The smallest absolute Gasteiger partial charge is 0.407 e. The third-order valence-corrected chi connectivity index (χ3v) is 4.02. The van der Waals surface area contributed by atoms with Gasteiger partial charge in [0.1, 0.15) is 17.3 Å². The maximum absolute atomic E-state index is 12.2. The van der Waals surface area contributed by atoms with Gasteiger partial charge in [0.2, 0.25) is 5.91 Å². The first-order chi connectivity index (χ1) is 13.6. The minimum Gasteiger partial charge on any atom is -0.465 e. The average Bonchev–Trinajstić information content (AvgIpc) is 2.60. The van der Waals surface area contributed by atoms with Crippen molar-refractivity contribution in [1.29, 1.82) is 0 Å². The highest BCUT2D eigenvalue weighted by Crippen LogP contribution is 2.20. The van der Waals surface area contributed by atoms with E-state index in [4.69, 9.17) is 11.6 Å². The molecule has 0 aliphatic heterocycles. The number of hydrogen-bond donors (Lipinski definition) is 3. The molecule has 0 radical (unpaired) electrons. The van der Waals surface area contributed by atoms with Crippen LogP contribution in [0.1, 0.15) is 37.7 Å². The number of hydrogen-bond acceptors (Lipinski definition) is 5. The first-order valence-electron chi connectivity index (χ1n) is 8.76. The van der Waals surface area contributed by atoms with Crippen LogP contribution in [0.3, 0.4) is 0 Å². The van der Waals surface area contributed by atoms with Crippen LogP contribution in [0.4, 0.5) is 16.4 Å². The van der Waals surface area contributed by atoms with Gasteiger partial charge in [-0.1, -0.05) is 17.7 Å². The molecule has 0 fully saturated rings. The Morgan fingerprint density at radius 1 is 1.14 bits per heavy atom. The molecule has 0 spiro atoms. The second-order valence-electron chi connectivity index (χ2n) is 7.13. The summed E-state index contributed by atoms with van der Waals surface area (Å²) in [5.41, 5.74) is -0.431. The number of carbonyl (C=O) groups excluding carboxylic acids is 2. The predicted octanol–water partition coefficient (Wildman–Crippen LogP) is 3.49. The molecule has 9 nitrogen and oxygen atoms in total. The zero-order valence-electron chi connectivity index (χ0n) is 16.3. The summed E-state index contributed by atoms with van der Waals surface area (Å²) in [4.78, 5) is 45.0. The van der Waals surface area contributed by atoms with E-state index in [2.05, 4.69) is 20.6 Å². The second kappa shape index (κ2) is 9.33. The molecule has 0 aliphatic carbocycles. The van der Waals surface area contributed by atoms with Crippen molar-refractivity contribution in [2.24, 2.45) is 0 Å². The van der Waals surface area contributed by atoms with Crippen LogP contribution in [0.15, 0.2) is 36.5 Å². The Balaban J connectivity index is 2.03. The van der Waals surface area contributed by atoms with E-state index >= 15 is 0 Å². The van der Waals surface area contributed by atoms with Gasteiger partial charge in [0.25, 0.3) is 5.91 Å². The Bertz CT molecular complexity index is 899. The second-order valence-corrected chi connectivity index (χ2v) is 7.56. The summed E-state index contributed by atoms with van der Waals surface area (Å²) in [6.07, 6.45) is 0.322. The van der Waals surface area contributed by atoms with E-state index in [1.54, 1.807) is 39.0 Å². The lowest BCUT2D eigenvalue weighted by Crippen LogP contribution is -2.46. The highest BCUT2D eigenvalue weighted by atomic mass is 35.5. The summed E-state index contributed by atoms with van der Waals surface area (Å²) in [5.74, 6) is -0.626. The quantitative estimate of drug-likeness (QED) is 0.658. The van der Waals surface area contributed by atoms with Crippen LogP contribution < -0.4 is 10.6 Å². The largest absolute Gasteiger partial charge is 0.465 e. The number of carbonyl (C=O) groups is 3. The van der Waals surface area contributed by atoms with Crippen LogP contribution in [0.25, 0.3) is 0 Å². The number of pyridine rings is 2. The standard InChI is InChI=1S/C19H22ClN5O4/c1-19(2,3)25(18(28)29)9-7-16(26)23-14-10-12(20)11-15(22-14)24-17(27)13-6-4-5-8-21-13/h4-6,8,10-11H,7,9H2,1-3H3,(H,28,29)(H2,22,23,24,26,27). The molecule has 0 saturated heterocycles. The highest BCUT2D eigenvalue weighted by Gasteiger charge is 2.26. The van der Waals surface area contributed by atoms with E-state index in [9.17, 15) is 19.5 Å². The van der Waals surface area contributed by atoms with Crippen LogP contribution >= 0.6 is 11.6 Å². The molecule has 2 heterocycles. The molecule has 2 aromatic rings. The van der Waals surface area contributed by atoms with Crippen molar-refractivity contribution in [2.75, 3.05) is 17.2 Å². The molecule has 154 valence electrons. The number of carboxylic acid groups (broad SMARTS) is 1. The lowest BCUT2D eigenvalue weighted by Gasteiger charge is -2.32. The molecule has 0 bridgehead atoms. The Kier molecular flexibility index (Phi) is 7.11. The van der Waals surface area contributed by atoms with Crippen molar-refractivity contribution in [3.05, 3.63) is 47.2 Å². The summed E-state index contributed by atoms with van der Waals surface area (Å²) in [6.45, 7) is 5.25. The van der Waals surface area contributed by atoms with Gasteiger partial charge in [-0.05, 0) is 45.0 Å².